The molecule has 2 aliphatic heterocycles. The second-order valence-corrected chi connectivity index (χ2v) is 8.48. The van der Waals surface area contributed by atoms with Crippen LogP contribution in [0.5, 0.6) is 0 Å². The third-order valence-electron chi connectivity index (χ3n) is 6.52. The van der Waals surface area contributed by atoms with Gasteiger partial charge in [0.1, 0.15) is 0 Å². The first-order chi connectivity index (χ1) is 12.9. The second kappa shape index (κ2) is 8.42. The lowest BCUT2D eigenvalue weighted by Gasteiger charge is -2.43. The minimum Gasteiger partial charge on any atom is -0.343 e. The molecule has 27 heavy (non-hydrogen) atoms. The van der Waals surface area contributed by atoms with E-state index in [0.29, 0.717) is 5.91 Å². The van der Waals surface area contributed by atoms with Crippen molar-refractivity contribution in [2.24, 2.45) is 5.41 Å². The Labute approximate surface area is 163 Å². The number of hydrogen-bond donors (Lipinski definition) is 0. The summed E-state index contributed by atoms with van der Waals surface area (Å²) in [4.78, 5) is 31.1. The number of carbonyl (C=O) groups excluding carboxylic acids is 2. The number of likely N-dealkylation sites (tertiary alicyclic amines) is 2. The van der Waals surface area contributed by atoms with E-state index in [1.54, 1.807) is 6.92 Å². The van der Waals surface area contributed by atoms with Gasteiger partial charge >= 0.3 is 0 Å². The lowest BCUT2D eigenvalue weighted by atomic mass is 9.78. The number of hydrogen-bond acceptors (Lipinski definition) is 3. The molecule has 0 aliphatic carbocycles. The fraction of sp³-hybridized carbons (Fsp3) is 0.636. The van der Waals surface area contributed by atoms with Crippen molar-refractivity contribution >= 4 is 11.8 Å². The van der Waals surface area contributed by atoms with Crippen LogP contribution < -0.4 is 0 Å². The van der Waals surface area contributed by atoms with Gasteiger partial charge in [-0.05, 0) is 44.3 Å². The van der Waals surface area contributed by atoms with Crippen LogP contribution >= 0.6 is 0 Å². The fourth-order valence-corrected chi connectivity index (χ4v) is 4.36. The molecule has 5 heteroatoms. The zero-order chi connectivity index (χ0) is 19.4. The number of piperidine rings is 2. The van der Waals surface area contributed by atoms with E-state index in [1.165, 1.54) is 5.56 Å². The van der Waals surface area contributed by atoms with Crippen LogP contribution in [0.1, 0.15) is 45.1 Å². The van der Waals surface area contributed by atoms with Crippen LogP contribution in [0.25, 0.3) is 0 Å². The molecule has 3 rings (SSSR count). The van der Waals surface area contributed by atoms with E-state index in [9.17, 15) is 9.59 Å². The molecular weight excluding hydrogens is 338 g/mol. The van der Waals surface area contributed by atoms with Crippen molar-refractivity contribution < 1.29 is 9.59 Å². The van der Waals surface area contributed by atoms with Crippen LogP contribution in [0.4, 0.5) is 0 Å². The molecule has 0 aromatic heterocycles. The molecule has 0 spiro atoms. The van der Waals surface area contributed by atoms with Gasteiger partial charge < -0.3 is 9.80 Å². The molecule has 1 aromatic rings. The molecule has 0 N–H and O–H groups in total. The van der Waals surface area contributed by atoms with Gasteiger partial charge in [0.15, 0.2) is 0 Å². The van der Waals surface area contributed by atoms with Crippen molar-refractivity contribution in [1.82, 2.24) is 14.7 Å². The van der Waals surface area contributed by atoms with Crippen molar-refractivity contribution in [3.05, 3.63) is 35.9 Å². The SMILES string of the molecule is CC(=O)N(C)C1CCN(C(=O)C2(C)CCN(Cc3ccccc3)CC2)CC1. The lowest BCUT2D eigenvalue weighted by Crippen LogP contribution is -2.53. The topological polar surface area (TPSA) is 43.9 Å². The van der Waals surface area contributed by atoms with Gasteiger partial charge in [-0.1, -0.05) is 37.3 Å². The summed E-state index contributed by atoms with van der Waals surface area (Å²) in [6.07, 6.45) is 3.62. The molecule has 0 atom stereocenters. The standard InChI is InChI=1S/C22H33N3O2/c1-18(26)23(3)20-9-13-25(14-10-20)21(27)22(2)11-15-24(16-12-22)17-19-7-5-4-6-8-19/h4-8,20H,9-17H2,1-3H3. The van der Waals surface area contributed by atoms with Gasteiger partial charge in [-0.2, -0.15) is 0 Å². The van der Waals surface area contributed by atoms with Gasteiger partial charge in [0, 0.05) is 45.1 Å². The highest BCUT2D eigenvalue weighted by atomic mass is 16.2. The average Bonchev–Trinajstić information content (AvgIpc) is 2.69. The maximum absolute atomic E-state index is 13.2. The number of rotatable bonds is 4. The molecule has 0 saturated carbocycles. The Morgan fingerprint density at radius 2 is 1.67 bits per heavy atom. The minimum atomic E-state index is -0.244. The quantitative estimate of drug-likeness (QED) is 0.817. The summed E-state index contributed by atoms with van der Waals surface area (Å²) < 4.78 is 0. The molecule has 0 bridgehead atoms. The van der Waals surface area contributed by atoms with E-state index >= 15 is 0 Å². The smallest absolute Gasteiger partial charge is 0.228 e. The number of benzene rings is 1. The number of carbonyl (C=O) groups is 2. The highest BCUT2D eigenvalue weighted by Gasteiger charge is 2.40. The van der Waals surface area contributed by atoms with Gasteiger partial charge in [0.2, 0.25) is 11.8 Å². The summed E-state index contributed by atoms with van der Waals surface area (Å²) in [7, 11) is 1.87. The van der Waals surface area contributed by atoms with Gasteiger partial charge in [-0.25, -0.2) is 0 Å². The van der Waals surface area contributed by atoms with E-state index in [2.05, 4.69) is 36.1 Å². The molecule has 2 fully saturated rings. The van der Waals surface area contributed by atoms with Crippen molar-refractivity contribution in [3.8, 4) is 0 Å². The summed E-state index contributed by atoms with van der Waals surface area (Å²) in [5.74, 6) is 0.420. The summed E-state index contributed by atoms with van der Waals surface area (Å²) in [5, 5.41) is 0. The third-order valence-corrected chi connectivity index (χ3v) is 6.52. The predicted octanol–water partition coefficient (Wildman–Crippen LogP) is 2.76. The zero-order valence-electron chi connectivity index (χ0n) is 17.0. The molecule has 148 valence electrons. The van der Waals surface area contributed by atoms with Crippen LogP contribution in [-0.2, 0) is 16.1 Å². The normalized spacial score (nSPS) is 21.1. The number of amides is 2. The molecule has 2 amide bonds. The van der Waals surface area contributed by atoms with Gasteiger partial charge in [-0.15, -0.1) is 0 Å². The molecule has 2 aliphatic rings. The van der Waals surface area contributed by atoms with Crippen LogP contribution in [0.15, 0.2) is 30.3 Å². The fourth-order valence-electron chi connectivity index (χ4n) is 4.36. The third kappa shape index (κ3) is 4.70. The zero-order valence-corrected chi connectivity index (χ0v) is 17.0. The summed E-state index contributed by atoms with van der Waals surface area (Å²) in [6.45, 7) is 8.20. The Balaban J connectivity index is 1.50. The first-order valence-corrected chi connectivity index (χ1v) is 10.2. The van der Waals surface area contributed by atoms with Crippen LogP contribution in [-0.4, -0.2) is 65.8 Å². The van der Waals surface area contributed by atoms with E-state index in [0.717, 1.165) is 58.4 Å². The van der Waals surface area contributed by atoms with Crippen molar-refractivity contribution in [2.45, 2.75) is 52.1 Å². The van der Waals surface area contributed by atoms with Gasteiger partial charge in [-0.3, -0.25) is 14.5 Å². The van der Waals surface area contributed by atoms with E-state index in [-0.39, 0.29) is 17.4 Å². The van der Waals surface area contributed by atoms with Crippen molar-refractivity contribution in [1.29, 1.82) is 0 Å². The van der Waals surface area contributed by atoms with Crippen molar-refractivity contribution in [2.75, 3.05) is 33.2 Å². The summed E-state index contributed by atoms with van der Waals surface area (Å²) in [6, 6.07) is 10.8. The lowest BCUT2D eigenvalue weighted by molar-refractivity contribution is -0.146. The molecule has 1 aromatic carbocycles. The Morgan fingerprint density at radius 3 is 2.22 bits per heavy atom. The molecule has 5 nitrogen and oxygen atoms in total. The largest absolute Gasteiger partial charge is 0.343 e. The summed E-state index contributed by atoms with van der Waals surface area (Å²) >= 11 is 0. The van der Waals surface area contributed by atoms with Crippen LogP contribution in [0, 0.1) is 5.41 Å². The highest BCUT2D eigenvalue weighted by Crippen LogP contribution is 2.34. The first-order valence-electron chi connectivity index (χ1n) is 10.2. The van der Waals surface area contributed by atoms with Crippen LogP contribution in [0.2, 0.25) is 0 Å². The van der Waals surface area contributed by atoms with Crippen molar-refractivity contribution in [3.63, 3.8) is 0 Å². The van der Waals surface area contributed by atoms with Gasteiger partial charge in [0.25, 0.3) is 0 Å². The van der Waals surface area contributed by atoms with Gasteiger partial charge in [0.05, 0.1) is 0 Å². The van der Waals surface area contributed by atoms with E-state index < -0.39 is 0 Å². The van der Waals surface area contributed by atoms with E-state index in [1.807, 2.05) is 22.9 Å². The Hall–Kier alpha value is -1.88. The highest BCUT2D eigenvalue weighted by molar-refractivity contribution is 5.82. The van der Waals surface area contributed by atoms with Crippen LogP contribution in [0.3, 0.4) is 0 Å². The summed E-state index contributed by atoms with van der Waals surface area (Å²) in [5.41, 5.74) is 1.09. The minimum absolute atomic E-state index is 0.109. The molecule has 0 unspecified atom stereocenters. The Bertz CT molecular complexity index is 645. The molecule has 2 saturated heterocycles. The predicted molar refractivity (Wildman–Crippen MR) is 107 cm³/mol. The first kappa shape index (κ1) is 19.9. The maximum Gasteiger partial charge on any atom is 0.228 e. The monoisotopic (exact) mass is 371 g/mol. The molecule has 2 heterocycles. The maximum atomic E-state index is 13.2. The molecule has 0 radical (unpaired) electrons. The second-order valence-electron chi connectivity index (χ2n) is 8.48. The average molecular weight is 372 g/mol. The number of nitrogens with zero attached hydrogens (tertiary/aromatic N) is 3. The molecular formula is C22H33N3O2. The Kier molecular flexibility index (Phi) is 6.20. The Morgan fingerprint density at radius 1 is 1.07 bits per heavy atom. The van der Waals surface area contributed by atoms with E-state index in [4.69, 9.17) is 0 Å².